The van der Waals surface area contributed by atoms with Crippen molar-refractivity contribution in [3.05, 3.63) is 11.7 Å². The number of likely N-dealkylation sites (N-methyl/N-ethyl adjacent to an activating group) is 1. The Balaban J connectivity index is 1.44. The highest BCUT2D eigenvalue weighted by Crippen LogP contribution is 2.26. The van der Waals surface area contributed by atoms with Gasteiger partial charge >= 0.3 is 0 Å². The minimum Gasteiger partial charge on any atom is -0.340 e. The van der Waals surface area contributed by atoms with Crippen molar-refractivity contribution in [2.45, 2.75) is 58.0 Å². The van der Waals surface area contributed by atoms with E-state index in [0.717, 1.165) is 18.3 Å². The van der Waals surface area contributed by atoms with Gasteiger partial charge in [-0.05, 0) is 38.8 Å². The Kier molecular flexibility index (Phi) is 4.91. The summed E-state index contributed by atoms with van der Waals surface area (Å²) in [5, 5.41) is 4.00. The van der Waals surface area contributed by atoms with Crippen molar-refractivity contribution in [2.24, 2.45) is 5.92 Å². The SMILES string of the molecule is Cc1nc(CN(C)C2CCN(CC3CCCCC3)C2)no1. The molecular formula is C16H28N4O. The fourth-order valence-electron chi connectivity index (χ4n) is 3.83. The zero-order chi connectivity index (χ0) is 14.7. The van der Waals surface area contributed by atoms with Gasteiger partial charge in [0.05, 0.1) is 6.54 Å². The molecule has 1 aliphatic carbocycles. The van der Waals surface area contributed by atoms with Crippen LogP contribution in [0.2, 0.25) is 0 Å². The summed E-state index contributed by atoms with van der Waals surface area (Å²) in [7, 11) is 2.18. The van der Waals surface area contributed by atoms with Gasteiger partial charge in [-0.3, -0.25) is 4.90 Å². The first-order valence-electron chi connectivity index (χ1n) is 8.42. The number of likely N-dealkylation sites (tertiary alicyclic amines) is 1. The van der Waals surface area contributed by atoms with Crippen molar-refractivity contribution < 1.29 is 4.52 Å². The van der Waals surface area contributed by atoms with E-state index in [0.29, 0.717) is 11.9 Å². The zero-order valence-corrected chi connectivity index (χ0v) is 13.4. The quantitative estimate of drug-likeness (QED) is 0.834. The molecule has 21 heavy (non-hydrogen) atoms. The van der Waals surface area contributed by atoms with Crippen LogP contribution in [0, 0.1) is 12.8 Å². The Labute approximate surface area is 127 Å². The second kappa shape index (κ2) is 6.88. The van der Waals surface area contributed by atoms with Crippen LogP contribution in [0.25, 0.3) is 0 Å². The van der Waals surface area contributed by atoms with Crippen LogP contribution in [0.3, 0.4) is 0 Å². The van der Waals surface area contributed by atoms with Gasteiger partial charge in [0, 0.05) is 26.1 Å². The number of hydrogen-bond acceptors (Lipinski definition) is 5. The molecule has 1 aromatic rings. The highest BCUT2D eigenvalue weighted by molar-refractivity contribution is 4.88. The van der Waals surface area contributed by atoms with Gasteiger partial charge in [0.25, 0.3) is 0 Å². The Bertz CT molecular complexity index is 441. The molecule has 2 fully saturated rings. The van der Waals surface area contributed by atoms with Crippen molar-refractivity contribution in [3.8, 4) is 0 Å². The summed E-state index contributed by atoms with van der Waals surface area (Å²) in [4.78, 5) is 9.35. The van der Waals surface area contributed by atoms with Crippen LogP contribution in [0.4, 0.5) is 0 Å². The molecule has 0 aromatic carbocycles. The van der Waals surface area contributed by atoms with Crippen molar-refractivity contribution in [2.75, 3.05) is 26.7 Å². The minimum atomic E-state index is 0.632. The number of aromatic nitrogens is 2. The lowest BCUT2D eigenvalue weighted by atomic mass is 9.89. The van der Waals surface area contributed by atoms with Gasteiger partial charge in [-0.15, -0.1) is 0 Å². The predicted octanol–water partition coefficient (Wildman–Crippen LogP) is 2.46. The third-order valence-corrected chi connectivity index (χ3v) is 5.07. The molecule has 1 aromatic heterocycles. The Morgan fingerprint density at radius 1 is 1.24 bits per heavy atom. The molecule has 0 bridgehead atoms. The van der Waals surface area contributed by atoms with E-state index >= 15 is 0 Å². The number of aryl methyl sites for hydroxylation is 1. The largest absolute Gasteiger partial charge is 0.340 e. The van der Waals surface area contributed by atoms with Gasteiger partial charge in [0.2, 0.25) is 5.89 Å². The van der Waals surface area contributed by atoms with Crippen molar-refractivity contribution in [1.29, 1.82) is 0 Å². The van der Waals surface area contributed by atoms with Crippen LogP contribution >= 0.6 is 0 Å². The van der Waals surface area contributed by atoms with Crippen LogP contribution in [-0.2, 0) is 6.54 Å². The first kappa shape index (κ1) is 15.0. The van der Waals surface area contributed by atoms with E-state index in [2.05, 4.69) is 27.0 Å². The molecular weight excluding hydrogens is 264 g/mol. The first-order valence-corrected chi connectivity index (χ1v) is 8.42. The lowest BCUT2D eigenvalue weighted by Crippen LogP contribution is -2.36. The van der Waals surface area contributed by atoms with E-state index in [1.807, 2.05) is 6.92 Å². The lowest BCUT2D eigenvalue weighted by Gasteiger charge is -2.28. The third kappa shape index (κ3) is 4.04. The van der Waals surface area contributed by atoms with E-state index in [9.17, 15) is 0 Å². The molecule has 0 N–H and O–H groups in total. The second-order valence-corrected chi connectivity index (χ2v) is 6.85. The van der Waals surface area contributed by atoms with Gasteiger partial charge in [0.15, 0.2) is 5.82 Å². The molecule has 0 spiro atoms. The summed E-state index contributed by atoms with van der Waals surface area (Å²) in [5.74, 6) is 2.41. The summed E-state index contributed by atoms with van der Waals surface area (Å²) in [6.07, 6.45) is 8.49. The summed E-state index contributed by atoms with van der Waals surface area (Å²) in [6.45, 7) is 6.39. The molecule has 1 atom stereocenters. The molecule has 3 rings (SSSR count). The van der Waals surface area contributed by atoms with Gasteiger partial charge in [-0.25, -0.2) is 0 Å². The number of rotatable bonds is 5. The highest BCUT2D eigenvalue weighted by Gasteiger charge is 2.28. The van der Waals surface area contributed by atoms with Gasteiger partial charge in [0.1, 0.15) is 0 Å². The summed E-state index contributed by atoms with van der Waals surface area (Å²) in [5.41, 5.74) is 0. The van der Waals surface area contributed by atoms with Crippen LogP contribution in [-0.4, -0.2) is 52.7 Å². The maximum Gasteiger partial charge on any atom is 0.223 e. The summed E-state index contributed by atoms with van der Waals surface area (Å²) >= 11 is 0. The normalized spacial score (nSPS) is 25.0. The molecule has 5 heteroatoms. The molecule has 1 saturated heterocycles. The maximum atomic E-state index is 5.05. The lowest BCUT2D eigenvalue weighted by molar-refractivity contribution is 0.195. The molecule has 2 aliphatic rings. The highest BCUT2D eigenvalue weighted by atomic mass is 16.5. The van der Waals surface area contributed by atoms with E-state index in [4.69, 9.17) is 4.52 Å². The Morgan fingerprint density at radius 3 is 2.76 bits per heavy atom. The molecule has 1 saturated carbocycles. The molecule has 1 unspecified atom stereocenters. The second-order valence-electron chi connectivity index (χ2n) is 6.85. The van der Waals surface area contributed by atoms with Gasteiger partial charge in [-0.1, -0.05) is 24.4 Å². The van der Waals surface area contributed by atoms with Crippen molar-refractivity contribution in [1.82, 2.24) is 19.9 Å². The van der Waals surface area contributed by atoms with Crippen molar-refractivity contribution >= 4 is 0 Å². The number of nitrogens with zero attached hydrogens (tertiary/aromatic N) is 4. The smallest absolute Gasteiger partial charge is 0.223 e. The molecule has 0 amide bonds. The van der Waals surface area contributed by atoms with E-state index < -0.39 is 0 Å². The van der Waals surface area contributed by atoms with Crippen LogP contribution in [0.1, 0.15) is 50.2 Å². The number of hydrogen-bond donors (Lipinski definition) is 0. The van der Waals surface area contributed by atoms with Crippen LogP contribution in [0.5, 0.6) is 0 Å². The van der Waals surface area contributed by atoms with Gasteiger partial charge in [-0.2, -0.15) is 4.98 Å². The van der Waals surface area contributed by atoms with Gasteiger partial charge < -0.3 is 9.42 Å². The predicted molar refractivity (Wildman–Crippen MR) is 81.9 cm³/mol. The monoisotopic (exact) mass is 292 g/mol. The average Bonchev–Trinajstić information content (AvgIpc) is 3.09. The standard InChI is InChI=1S/C16H28N4O/c1-13-17-16(18-21-13)12-19(2)15-8-9-20(11-15)10-14-6-4-3-5-7-14/h14-15H,3-12H2,1-2H3. The Morgan fingerprint density at radius 2 is 2.05 bits per heavy atom. The fourth-order valence-corrected chi connectivity index (χ4v) is 3.83. The minimum absolute atomic E-state index is 0.632. The van der Waals surface area contributed by atoms with Crippen LogP contribution < -0.4 is 0 Å². The van der Waals surface area contributed by atoms with E-state index in [-0.39, 0.29) is 0 Å². The third-order valence-electron chi connectivity index (χ3n) is 5.07. The summed E-state index contributed by atoms with van der Waals surface area (Å²) < 4.78 is 5.05. The molecule has 5 nitrogen and oxygen atoms in total. The summed E-state index contributed by atoms with van der Waals surface area (Å²) in [6, 6.07) is 0.632. The molecule has 118 valence electrons. The molecule has 0 radical (unpaired) electrons. The molecule has 1 aliphatic heterocycles. The average molecular weight is 292 g/mol. The van der Waals surface area contributed by atoms with E-state index in [1.165, 1.54) is 58.2 Å². The first-order chi connectivity index (χ1) is 10.2. The van der Waals surface area contributed by atoms with Crippen LogP contribution in [0.15, 0.2) is 4.52 Å². The zero-order valence-electron chi connectivity index (χ0n) is 13.4. The topological polar surface area (TPSA) is 45.4 Å². The molecule has 2 heterocycles. The fraction of sp³-hybridized carbons (Fsp3) is 0.875. The maximum absolute atomic E-state index is 5.05. The van der Waals surface area contributed by atoms with E-state index in [1.54, 1.807) is 0 Å². The Hall–Kier alpha value is -0.940. The van der Waals surface area contributed by atoms with Crippen molar-refractivity contribution in [3.63, 3.8) is 0 Å².